The highest BCUT2D eigenvalue weighted by Crippen LogP contribution is 2.22. The molecule has 1 heterocycles. The average molecular weight is 332 g/mol. The standard InChI is InChI=1S/C12H18BrN3O3/c1-8(6-7-18-2)14-12(17)15-9-4-5-10(19-3)16-11(9)13/h4-5,8H,6-7H2,1-3H3,(H2,14,15,17). The van der Waals surface area contributed by atoms with Crippen LogP contribution in [0.1, 0.15) is 13.3 Å². The fourth-order valence-electron chi connectivity index (χ4n) is 1.37. The summed E-state index contributed by atoms with van der Waals surface area (Å²) in [4.78, 5) is 15.9. The van der Waals surface area contributed by atoms with Crippen molar-refractivity contribution >= 4 is 27.6 Å². The van der Waals surface area contributed by atoms with Crippen LogP contribution < -0.4 is 15.4 Å². The molecule has 1 atom stereocenters. The number of halogens is 1. The molecule has 1 aromatic heterocycles. The van der Waals surface area contributed by atoms with Crippen LogP contribution in [0.2, 0.25) is 0 Å². The van der Waals surface area contributed by atoms with Crippen LogP contribution >= 0.6 is 15.9 Å². The number of pyridine rings is 1. The van der Waals surface area contributed by atoms with Gasteiger partial charge >= 0.3 is 6.03 Å². The molecule has 0 aromatic carbocycles. The van der Waals surface area contributed by atoms with Gasteiger partial charge in [-0.1, -0.05) is 0 Å². The molecular formula is C12H18BrN3O3. The molecule has 0 radical (unpaired) electrons. The lowest BCUT2D eigenvalue weighted by Gasteiger charge is -2.14. The van der Waals surface area contributed by atoms with Gasteiger partial charge in [0.25, 0.3) is 0 Å². The number of hydrogen-bond donors (Lipinski definition) is 2. The zero-order valence-electron chi connectivity index (χ0n) is 11.2. The number of anilines is 1. The number of aromatic nitrogens is 1. The van der Waals surface area contributed by atoms with Crippen LogP contribution in [0.15, 0.2) is 16.7 Å². The highest BCUT2D eigenvalue weighted by atomic mass is 79.9. The van der Waals surface area contributed by atoms with Crippen molar-refractivity contribution < 1.29 is 14.3 Å². The maximum absolute atomic E-state index is 11.7. The van der Waals surface area contributed by atoms with Gasteiger partial charge in [-0.2, -0.15) is 0 Å². The van der Waals surface area contributed by atoms with Gasteiger partial charge in [-0.25, -0.2) is 9.78 Å². The molecule has 0 spiro atoms. The molecule has 0 saturated carbocycles. The summed E-state index contributed by atoms with van der Waals surface area (Å²) in [6.45, 7) is 2.52. The van der Waals surface area contributed by atoms with E-state index in [0.29, 0.717) is 22.8 Å². The van der Waals surface area contributed by atoms with Gasteiger partial charge in [0.15, 0.2) is 0 Å². The van der Waals surface area contributed by atoms with E-state index in [0.717, 1.165) is 6.42 Å². The Hall–Kier alpha value is -1.34. The monoisotopic (exact) mass is 331 g/mol. The third-order valence-electron chi connectivity index (χ3n) is 2.41. The number of methoxy groups -OCH3 is 2. The molecule has 0 aliphatic rings. The fraction of sp³-hybridized carbons (Fsp3) is 0.500. The predicted molar refractivity (Wildman–Crippen MR) is 76.6 cm³/mol. The number of amides is 2. The first-order chi connectivity index (χ1) is 9.06. The Balaban J connectivity index is 2.52. The van der Waals surface area contributed by atoms with Crippen molar-refractivity contribution in [3.63, 3.8) is 0 Å². The molecule has 0 aliphatic heterocycles. The van der Waals surface area contributed by atoms with Gasteiger partial charge in [-0.3, -0.25) is 0 Å². The van der Waals surface area contributed by atoms with Gasteiger partial charge in [-0.15, -0.1) is 0 Å². The molecule has 1 rings (SSSR count). The van der Waals surface area contributed by atoms with Crippen LogP contribution in [0.25, 0.3) is 0 Å². The van der Waals surface area contributed by atoms with E-state index in [1.54, 1.807) is 19.2 Å². The van der Waals surface area contributed by atoms with E-state index >= 15 is 0 Å². The molecule has 2 amide bonds. The zero-order valence-corrected chi connectivity index (χ0v) is 12.8. The van der Waals surface area contributed by atoms with E-state index < -0.39 is 0 Å². The van der Waals surface area contributed by atoms with Crippen molar-refractivity contribution in [3.8, 4) is 5.88 Å². The number of rotatable bonds is 6. The molecule has 7 heteroatoms. The van der Waals surface area contributed by atoms with E-state index in [1.165, 1.54) is 7.11 Å². The Labute approximate surface area is 121 Å². The second-order valence-corrected chi connectivity index (χ2v) is 4.72. The first kappa shape index (κ1) is 15.7. The van der Waals surface area contributed by atoms with Crippen LogP contribution in [-0.2, 0) is 4.74 Å². The van der Waals surface area contributed by atoms with Crippen molar-refractivity contribution in [2.45, 2.75) is 19.4 Å². The van der Waals surface area contributed by atoms with Gasteiger partial charge in [-0.05, 0) is 35.3 Å². The Morgan fingerprint density at radius 1 is 1.47 bits per heavy atom. The molecule has 0 fully saturated rings. The second-order valence-electron chi connectivity index (χ2n) is 3.97. The molecule has 106 valence electrons. The summed E-state index contributed by atoms with van der Waals surface area (Å²) < 4.78 is 10.5. The molecule has 1 unspecified atom stereocenters. The number of hydrogen-bond acceptors (Lipinski definition) is 4. The van der Waals surface area contributed by atoms with E-state index in [9.17, 15) is 4.79 Å². The summed E-state index contributed by atoms with van der Waals surface area (Å²) in [5.74, 6) is 0.478. The number of urea groups is 1. The van der Waals surface area contributed by atoms with E-state index in [-0.39, 0.29) is 12.1 Å². The van der Waals surface area contributed by atoms with Gasteiger partial charge in [0, 0.05) is 25.8 Å². The van der Waals surface area contributed by atoms with Crippen molar-refractivity contribution in [2.75, 3.05) is 26.1 Å². The minimum Gasteiger partial charge on any atom is -0.481 e. The lowest BCUT2D eigenvalue weighted by molar-refractivity contribution is 0.185. The third kappa shape index (κ3) is 5.44. The molecule has 6 nitrogen and oxygen atoms in total. The normalized spacial score (nSPS) is 11.8. The van der Waals surface area contributed by atoms with E-state index in [2.05, 4.69) is 31.5 Å². The summed E-state index contributed by atoms with van der Waals surface area (Å²) in [6.07, 6.45) is 0.756. The van der Waals surface area contributed by atoms with Crippen LogP contribution in [-0.4, -0.2) is 37.9 Å². The second kappa shape index (κ2) is 7.96. The first-order valence-corrected chi connectivity index (χ1v) is 6.63. The van der Waals surface area contributed by atoms with Crippen LogP contribution in [0.3, 0.4) is 0 Å². The summed E-state index contributed by atoms with van der Waals surface area (Å²) in [7, 11) is 3.17. The summed E-state index contributed by atoms with van der Waals surface area (Å²) >= 11 is 3.27. The fourth-order valence-corrected chi connectivity index (χ4v) is 1.78. The van der Waals surface area contributed by atoms with Gasteiger partial charge in [0.05, 0.1) is 12.8 Å². The largest absolute Gasteiger partial charge is 0.481 e. The molecule has 0 bridgehead atoms. The number of carbonyl (C=O) groups excluding carboxylic acids is 1. The van der Waals surface area contributed by atoms with Gasteiger partial charge < -0.3 is 20.1 Å². The number of nitrogens with one attached hydrogen (secondary N) is 2. The molecule has 0 saturated heterocycles. The third-order valence-corrected chi connectivity index (χ3v) is 3.02. The van der Waals surface area contributed by atoms with Crippen molar-refractivity contribution in [2.24, 2.45) is 0 Å². The van der Waals surface area contributed by atoms with Gasteiger partial charge in [0.1, 0.15) is 4.60 Å². The Bertz CT molecular complexity index is 429. The predicted octanol–water partition coefficient (Wildman–Crippen LogP) is 2.40. The van der Waals surface area contributed by atoms with Crippen molar-refractivity contribution in [1.82, 2.24) is 10.3 Å². The minimum atomic E-state index is -0.281. The first-order valence-electron chi connectivity index (χ1n) is 5.83. The highest BCUT2D eigenvalue weighted by molar-refractivity contribution is 9.10. The number of carbonyl (C=O) groups is 1. The topological polar surface area (TPSA) is 72.5 Å². The Kier molecular flexibility index (Phi) is 6.58. The molecule has 19 heavy (non-hydrogen) atoms. The summed E-state index contributed by atoms with van der Waals surface area (Å²) in [6, 6.07) is 3.14. The van der Waals surface area contributed by atoms with Crippen molar-refractivity contribution in [1.29, 1.82) is 0 Å². The quantitative estimate of drug-likeness (QED) is 0.785. The van der Waals surface area contributed by atoms with E-state index in [4.69, 9.17) is 9.47 Å². The lowest BCUT2D eigenvalue weighted by atomic mass is 10.2. The summed E-state index contributed by atoms with van der Waals surface area (Å²) in [5.41, 5.74) is 0.581. The van der Waals surface area contributed by atoms with Crippen LogP contribution in [0.4, 0.5) is 10.5 Å². The maximum Gasteiger partial charge on any atom is 0.319 e. The molecule has 1 aromatic rings. The highest BCUT2D eigenvalue weighted by Gasteiger charge is 2.10. The molecule has 2 N–H and O–H groups in total. The molecular weight excluding hydrogens is 314 g/mol. The van der Waals surface area contributed by atoms with E-state index in [1.807, 2.05) is 6.92 Å². The van der Waals surface area contributed by atoms with Crippen molar-refractivity contribution in [3.05, 3.63) is 16.7 Å². The van der Waals surface area contributed by atoms with Gasteiger partial charge in [0.2, 0.25) is 5.88 Å². The number of ether oxygens (including phenoxy) is 2. The summed E-state index contributed by atoms with van der Waals surface area (Å²) in [5, 5.41) is 5.52. The van der Waals surface area contributed by atoms with Crippen LogP contribution in [0.5, 0.6) is 5.88 Å². The zero-order chi connectivity index (χ0) is 14.3. The Morgan fingerprint density at radius 3 is 2.79 bits per heavy atom. The number of nitrogens with zero attached hydrogens (tertiary/aromatic N) is 1. The smallest absolute Gasteiger partial charge is 0.319 e. The molecule has 0 aliphatic carbocycles. The van der Waals surface area contributed by atoms with Crippen LogP contribution in [0, 0.1) is 0 Å². The average Bonchev–Trinajstić information content (AvgIpc) is 2.38. The Morgan fingerprint density at radius 2 is 2.21 bits per heavy atom. The SMILES string of the molecule is COCCC(C)NC(=O)Nc1ccc(OC)nc1Br. The minimum absolute atomic E-state index is 0.0323. The lowest BCUT2D eigenvalue weighted by Crippen LogP contribution is -2.36. The maximum atomic E-state index is 11.7.